The summed E-state index contributed by atoms with van der Waals surface area (Å²) in [5.74, 6) is 0.492. The lowest BCUT2D eigenvalue weighted by Crippen LogP contribution is -2.31. The van der Waals surface area contributed by atoms with Crippen molar-refractivity contribution in [1.82, 2.24) is 0 Å². The quantitative estimate of drug-likeness (QED) is 0.763. The summed E-state index contributed by atoms with van der Waals surface area (Å²) >= 11 is 0. The monoisotopic (exact) mass is 278 g/mol. The van der Waals surface area contributed by atoms with Crippen molar-refractivity contribution < 1.29 is 14.3 Å². The Hall–Kier alpha value is -1.51. The molecule has 0 aliphatic carbocycles. The Balaban J connectivity index is 3.23. The molecule has 20 heavy (non-hydrogen) atoms. The molecule has 0 saturated heterocycles. The van der Waals surface area contributed by atoms with E-state index in [-0.39, 0.29) is 23.2 Å². The second-order valence-corrected chi connectivity index (χ2v) is 6.13. The van der Waals surface area contributed by atoms with Crippen molar-refractivity contribution in [3.05, 3.63) is 29.8 Å². The molecule has 1 aromatic rings. The minimum Gasteiger partial charge on any atom is -0.496 e. The van der Waals surface area contributed by atoms with Crippen LogP contribution in [-0.2, 0) is 9.53 Å². The second-order valence-electron chi connectivity index (χ2n) is 6.13. The van der Waals surface area contributed by atoms with Crippen LogP contribution in [0.15, 0.2) is 24.3 Å². The molecule has 0 N–H and O–H groups in total. The first kappa shape index (κ1) is 16.5. The first-order valence-electron chi connectivity index (χ1n) is 7.12. The molecule has 3 nitrogen and oxygen atoms in total. The van der Waals surface area contributed by atoms with Crippen LogP contribution in [-0.4, -0.2) is 19.7 Å². The van der Waals surface area contributed by atoms with Crippen LogP contribution in [0, 0.1) is 11.3 Å². The number of esters is 1. The molecule has 0 fully saturated rings. The number of benzene rings is 1. The van der Waals surface area contributed by atoms with Gasteiger partial charge in [0.1, 0.15) is 5.75 Å². The topological polar surface area (TPSA) is 35.5 Å². The summed E-state index contributed by atoms with van der Waals surface area (Å²) < 4.78 is 10.7. The lowest BCUT2D eigenvalue weighted by molar-refractivity contribution is -0.149. The molecule has 2 unspecified atom stereocenters. The number of methoxy groups -OCH3 is 1. The molecule has 3 heteroatoms. The van der Waals surface area contributed by atoms with Crippen LogP contribution >= 0.6 is 0 Å². The molecule has 0 radical (unpaired) electrons. The van der Waals surface area contributed by atoms with Crippen LogP contribution in [0.1, 0.15) is 46.1 Å². The molecule has 0 spiro atoms. The van der Waals surface area contributed by atoms with E-state index in [0.29, 0.717) is 6.61 Å². The van der Waals surface area contributed by atoms with Crippen LogP contribution < -0.4 is 4.74 Å². The molecule has 0 amide bonds. The Bertz CT molecular complexity index is 446. The van der Waals surface area contributed by atoms with Crippen LogP contribution in [0.3, 0.4) is 0 Å². The van der Waals surface area contributed by atoms with Crippen molar-refractivity contribution in [2.45, 2.75) is 40.5 Å². The molecular formula is C17H26O3. The maximum Gasteiger partial charge on any atom is 0.309 e. The average molecular weight is 278 g/mol. The van der Waals surface area contributed by atoms with Crippen molar-refractivity contribution in [3.63, 3.8) is 0 Å². The van der Waals surface area contributed by atoms with E-state index >= 15 is 0 Å². The fourth-order valence-corrected chi connectivity index (χ4v) is 2.82. The van der Waals surface area contributed by atoms with E-state index < -0.39 is 0 Å². The maximum atomic E-state index is 12.1. The van der Waals surface area contributed by atoms with E-state index in [1.54, 1.807) is 7.11 Å². The zero-order valence-electron chi connectivity index (χ0n) is 13.4. The van der Waals surface area contributed by atoms with Crippen LogP contribution in [0.25, 0.3) is 0 Å². The highest BCUT2D eigenvalue weighted by atomic mass is 16.5. The van der Waals surface area contributed by atoms with E-state index in [1.807, 2.05) is 38.1 Å². The fraction of sp³-hybridized carbons (Fsp3) is 0.588. The van der Waals surface area contributed by atoms with Crippen molar-refractivity contribution in [2.75, 3.05) is 13.7 Å². The van der Waals surface area contributed by atoms with Gasteiger partial charge in [-0.15, -0.1) is 0 Å². The van der Waals surface area contributed by atoms with Gasteiger partial charge >= 0.3 is 5.97 Å². The van der Waals surface area contributed by atoms with Crippen LogP contribution in [0.5, 0.6) is 5.75 Å². The number of rotatable bonds is 5. The Kier molecular flexibility index (Phi) is 5.61. The van der Waals surface area contributed by atoms with Gasteiger partial charge in [-0.25, -0.2) is 0 Å². The third kappa shape index (κ3) is 3.75. The second kappa shape index (κ2) is 6.78. The normalized spacial score (nSPS) is 14.5. The zero-order chi connectivity index (χ0) is 15.3. The molecule has 0 aliphatic heterocycles. The summed E-state index contributed by atoms with van der Waals surface area (Å²) in [6, 6.07) is 7.89. The fourth-order valence-electron chi connectivity index (χ4n) is 2.82. The first-order chi connectivity index (χ1) is 9.32. The summed E-state index contributed by atoms with van der Waals surface area (Å²) in [4.78, 5) is 12.1. The molecule has 0 heterocycles. The van der Waals surface area contributed by atoms with Gasteiger partial charge in [-0.1, -0.05) is 45.9 Å². The largest absolute Gasteiger partial charge is 0.496 e. The smallest absolute Gasteiger partial charge is 0.309 e. The minimum absolute atomic E-state index is 0.0395. The molecular weight excluding hydrogens is 252 g/mol. The number of para-hydroxylation sites is 1. The molecule has 1 aromatic carbocycles. The van der Waals surface area contributed by atoms with E-state index in [9.17, 15) is 4.79 Å². The van der Waals surface area contributed by atoms with Crippen molar-refractivity contribution in [3.8, 4) is 5.75 Å². The van der Waals surface area contributed by atoms with Gasteiger partial charge in [-0.2, -0.15) is 0 Å². The van der Waals surface area contributed by atoms with Crippen molar-refractivity contribution in [1.29, 1.82) is 0 Å². The summed E-state index contributed by atoms with van der Waals surface area (Å²) in [5, 5.41) is 0. The standard InChI is InChI=1S/C17H26O3/c1-7-20-16(18)12(2)15(17(3,4)5)13-10-8-9-11-14(13)19-6/h8-12,15H,7H2,1-6H3. The first-order valence-corrected chi connectivity index (χ1v) is 7.12. The molecule has 0 aliphatic rings. The number of carbonyl (C=O) groups is 1. The summed E-state index contributed by atoms with van der Waals surface area (Å²) in [7, 11) is 1.66. The highest BCUT2D eigenvalue weighted by Crippen LogP contribution is 2.44. The Morgan fingerprint density at radius 3 is 2.35 bits per heavy atom. The molecule has 0 bridgehead atoms. The number of hydrogen-bond acceptors (Lipinski definition) is 3. The van der Waals surface area contributed by atoms with E-state index in [2.05, 4.69) is 20.8 Å². The van der Waals surface area contributed by atoms with Gasteiger partial charge in [0.15, 0.2) is 0 Å². The van der Waals surface area contributed by atoms with Gasteiger partial charge in [0.05, 0.1) is 19.6 Å². The molecule has 1 rings (SSSR count). The van der Waals surface area contributed by atoms with Crippen molar-refractivity contribution >= 4 is 5.97 Å². The van der Waals surface area contributed by atoms with Crippen molar-refractivity contribution in [2.24, 2.45) is 11.3 Å². The molecule has 0 aromatic heterocycles. The van der Waals surface area contributed by atoms with Gasteiger partial charge < -0.3 is 9.47 Å². The Morgan fingerprint density at radius 1 is 1.25 bits per heavy atom. The predicted octanol–water partition coefficient (Wildman–Crippen LogP) is 4.02. The van der Waals surface area contributed by atoms with E-state index in [4.69, 9.17) is 9.47 Å². The SMILES string of the molecule is CCOC(=O)C(C)C(c1ccccc1OC)C(C)(C)C. The number of carbonyl (C=O) groups excluding carboxylic acids is 1. The molecule has 2 atom stereocenters. The lowest BCUT2D eigenvalue weighted by Gasteiger charge is -2.35. The van der Waals surface area contributed by atoms with Gasteiger partial charge in [0.25, 0.3) is 0 Å². The predicted molar refractivity (Wildman–Crippen MR) is 81.0 cm³/mol. The molecule has 0 saturated carbocycles. The highest BCUT2D eigenvalue weighted by Gasteiger charge is 2.37. The van der Waals surface area contributed by atoms with Crippen LogP contribution in [0.4, 0.5) is 0 Å². The Morgan fingerprint density at radius 2 is 1.85 bits per heavy atom. The van der Waals surface area contributed by atoms with Gasteiger partial charge in [0, 0.05) is 5.92 Å². The minimum atomic E-state index is -0.216. The third-order valence-electron chi connectivity index (χ3n) is 3.57. The van der Waals surface area contributed by atoms with Gasteiger partial charge in [0.2, 0.25) is 0 Å². The van der Waals surface area contributed by atoms with Gasteiger partial charge in [-0.3, -0.25) is 4.79 Å². The summed E-state index contributed by atoms with van der Waals surface area (Å²) in [6.45, 7) is 10.6. The average Bonchev–Trinajstić information content (AvgIpc) is 2.38. The van der Waals surface area contributed by atoms with E-state index in [1.165, 1.54) is 0 Å². The number of ether oxygens (including phenoxy) is 2. The maximum absolute atomic E-state index is 12.1. The lowest BCUT2D eigenvalue weighted by atomic mass is 9.69. The number of hydrogen-bond donors (Lipinski definition) is 0. The zero-order valence-corrected chi connectivity index (χ0v) is 13.4. The van der Waals surface area contributed by atoms with E-state index in [0.717, 1.165) is 11.3 Å². The van der Waals surface area contributed by atoms with Gasteiger partial charge in [-0.05, 0) is 24.0 Å². The van der Waals surface area contributed by atoms with Crippen LogP contribution in [0.2, 0.25) is 0 Å². The summed E-state index contributed by atoms with van der Waals surface area (Å²) in [6.07, 6.45) is 0. The third-order valence-corrected chi connectivity index (χ3v) is 3.57. The Labute approximate surface area is 122 Å². The summed E-state index contributed by atoms with van der Waals surface area (Å²) in [5.41, 5.74) is 0.990. The molecule has 112 valence electrons. The highest BCUT2D eigenvalue weighted by molar-refractivity contribution is 5.73.